The smallest absolute Gasteiger partial charge is 0.240 e. The maximum absolute atomic E-state index is 9.93. The Morgan fingerprint density at radius 1 is 1.48 bits per heavy atom. The van der Waals surface area contributed by atoms with Crippen molar-refractivity contribution < 1.29 is 9.63 Å². The van der Waals surface area contributed by atoms with Gasteiger partial charge in [-0.15, -0.1) is 0 Å². The van der Waals surface area contributed by atoms with Crippen LogP contribution in [0.2, 0.25) is 0 Å². The van der Waals surface area contributed by atoms with E-state index in [1.54, 1.807) is 4.68 Å². The lowest BCUT2D eigenvalue weighted by atomic mass is 9.63. The summed E-state index contributed by atoms with van der Waals surface area (Å²) in [6.07, 6.45) is 8.88. The van der Waals surface area contributed by atoms with Gasteiger partial charge in [0.1, 0.15) is 0 Å². The molecule has 1 aliphatic carbocycles. The van der Waals surface area contributed by atoms with Gasteiger partial charge in [0, 0.05) is 36.7 Å². The molecule has 1 aliphatic rings. The zero-order valence-electron chi connectivity index (χ0n) is 13.8. The maximum atomic E-state index is 9.93. The number of aryl methyl sites for hydroxylation is 2. The Kier molecular flexibility index (Phi) is 4.77. The number of hydrogen-bond donors (Lipinski definition) is 2. The third-order valence-corrected chi connectivity index (χ3v) is 4.78. The van der Waals surface area contributed by atoms with Crippen molar-refractivity contribution >= 4 is 0 Å². The first-order valence-corrected chi connectivity index (χ1v) is 8.31. The topological polar surface area (TPSA) is 89.0 Å². The number of aromatic nitrogens is 4. The maximum Gasteiger partial charge on any atom is 0.240 e. The Hall–Kier alpha value is -1.73. The third kappa shape index (κ3) is 3.30. The average molecular weight is 319 g/mol. The van der Waals surface area contributed by atoms with Crippen molar-refractivity contribution in [3.63, 3.8) is 0 Å². The highest BCUT2D eigenvalue weighted by Crippen LogP contribution is 2.49. The molecule has 1 saturated carbocycles. The van der Waals surface area contributed by atoms with E-state index >= 15 is 0 Å². The third-order valence-electron chi connectivity index (χ3n) is 4.78. The molecular formula is C16H25N5O2. The predicted octanol–water partition coefficient (Wildman–Crippen LogP) is 1.75. The summed E-state index contributed by atoms with van der Waals surface area (Å²) in [6, 6.07) is 0.0384. The quantitative estimate of drug-likeness (QED) is 0.770. The summed E-state index contributed by atoms with van der Waals surface area (Å²) >= 11 is 0. The molecule has 0 radical (unpaired) electrons. The van der Waals surface area contributed by atoms with Crippen molar-refractivity contribution in [2.24, 2.45) is 12.5 Å². The second-order valence-electron chi connectivity index (χ2n) is 6.49. The van der Waals surface area contributed by atoms with Crippen LogP contribution in [-0.4, -0.2) is 31.6 Å². The van der Waals surface area contributed by atoms with E-state index in [0.717, 1.165) is 43.5 Å². The first kappa shape index (κ1) is 16.1. The monoisotopic (exact) mass is 319 g/mol. The van der Waals surface area contributed by atoms with Gasteiger partial charge in [0.05, 0.1) is 19.3 Å². The van der Waals surface area contributed by atoms with Crippen LogP contribution in [-0.2, 0) is 20.0 Å². The molecule has 2 heterocycles. The van der Waals surface area contributed by atoms with Crippen LogP contribution in [0, 0.1) is 5.41 Å². The van der Waals surface area contributed by atoms with Crippen LogP contribution in [0.1, 0.15) is 55.9 Å². The fourth-order valence-corrected chi connectivity index (χ4v) is 3.32. The zero-order chi connectivity index (χ0) is 16.3. The van der Waals surface area contributed by atoms with Gasteiger partial charge in [-0.05, 0) is 19.3 Å². The van der Waals surface area contributed by atoms with E-state index < -0.39 is 0 Å². The molecule has 1 unspecified atom stereocenters. The van der Waals surface area contributed by atoms with Gasteiger partial charge in [-0.1, -0.05) is 18.5 Å². The highest BCUT2D eigenvalue weighted by molar-refractivity contribution is 5.17. The molecule has 2 aromatic heterocycles. The Balaban J connectivity index is 1.73. The summed E-state index contributed by atoms with van der Waals surface area (Å²) in [7, 11) is 1.90. The van der Waals surface area contributed by atoms with Gasteiger partial charge in [0.25, 0.3) is 0 Å². The lowest BCUT2D eigenvalue weighted by Crippen LogP contribution is -2.45. The van der Waals surface area contributed by atoms with Crippen molar-refractivity contribution in [2.75, 3.05) is 6.61 Å². The van der Waals surface area contributed by atoms with Gasteiger partial charge >= 0.3 is 0 Å². The van der Waals surface area contributed by atoms with Gasteiger partial charge in [0.2, 0.25) is 5.89 Å². The molecule has 0 amide bonds. The average Bonchev–Trinajstić information content (AvgIpc) is 3.11. The fraction of sp³-hybridized carbons (Fsp3) is 0.688. The summed E-state index contributed by atoms with van der Waals surface area (Å²) in [5.74, 6) is 1.34. The number of aliphatic hydroxyl groups excluding tert-OH is 1. The standard InChI is InChI=1S/C16H25N5O2/c1-3-5-13-19-14(23-20-13)9-17-15(12-8-18-21(2)10-12)16(11-22)6-4-7-16/h8,10,15,17,22H,3-7,9,11H2,1-2H3. The van der Waals surface area contributed by atoms with Gasteiger partial charge in [-0.3, -0.25) is 4.68 Å². The molecule has 126 valence electrons. The van der Waals surface area contributed by atoms with E-state index in [0.29, 0.717) is 12.4 Å². The van der Waals surface area contributed by atoms with Crippen molar-refractivity contribution in [1.29, 1.82) is 0 Å². The molecule has 0 saturated heterocycles. The molecule has 7 heteroatoms. The van der Waals surface area contributed by atoms with Crippen LogP contribution in [0.25, 0.3) is 0 Å². The molecule has 0 bridgehead atoms. The Morgan fingerprint density at radius 3 is 2.87 bits per heavy atom. The summed E-state index contributed by atoms with van der Waals surface area (Å²) in [4.78, 5) is 4.40. The van der Waals surface area contributed by atoms with E-state index in [1.165, 1.54) is 0 Å². The second-order valence-corrected chi connectivity index (χ2v) is 6.49. The van der Waals surface area contributed by atoms with Crippen LogP contribution in [0.15, 0.2) is 16.9 Å². The Labute approximate surface area is 136 Å². The highest BCUT2D eigenvalue weighted by atomic mass is 16.5. The molecule has 2 aromatic rings. The van der Waals surface area contributed by atoms with E-state index in [2.05, 4.69) is 27.5 Å². The van der Waals surface area contributed by atoms with E-state index in [4.69, 9.17) is 4.52 Å². The summed E-state index contributed by atoms with van der Waals surface area (Å²) in [5, 5.41) is 21.7. The molecule has 1 atom stereocenters. The lowest BCUT2D eigenvalue weighted by Gasteiger charge is -2.46. The molecule has 23 heavy (non-hydrogen) atoms. The minimum atomic E-state index is -0.116. The lowest BCUT2D eigenvalue weighted by molar-refractivity contribution is 0.00375. The number of aliphatic hydroxyl groups is 1. The largest absolute Gasteiger partial charge is 0.396 e. The first-order valence-electron chi connectivity index (χ1n) is 8.31. The van der Waals surface area contributed by atoms with Crippen molar-refractivity contribution in [3.05, 3.63) is 29.7 Å². The molecular weight excluding hydrogens is 294 g/mol. The minimum absolute atomic E-state index is 0.0384. The van der Waals surface area contributed by atoms with Crippen molar-refractivity contribution in [3.8, 4) is 0 Å². The van der Waals surface area contributed by atoms with Crippen LogP contribution >= 0.6 is 0 Å². The molecule has 0 aliphatic heterocycles. The predicted molar refractivity (Wildman–Crippen MR) is 84.5 cm³/mol. The van der Waals surface area contributed by atoms with E-state index in [9.17, 15) is 5.11 Å². The molecule has 7 nitrogen and oxygen atoms in total. The van der Waals surface area contributed by atoms with Crippen LogP contribution in [0.4, 0.5) is 0 Å². The number of rotatable bonds is 8. The van der Waals surface area contributed by atoms with Crippen LogP contribution < -0.4 is 5.32 Å². The van der Waals surface area contributed by atoms with Crippen molar-refractivity contribution in [2.45, 2.75) is 51.6 Å². The Bertz CT molecular complexity index is 626. The molecule has 0 spiro atoms. The molecule has 0 aromatic carbocycles. The summed E-state index contributed by atoms with van der Waals surface area (Å²) in [5.41, 5.74) is 0.976. The summed E-state index contributed by atoms with van der Waals surface area (Å²) in [6.45, 7) is 2.76. The normalized spacial score (nSPS) is 17.9. The first-order chi connectivity index (χ1) is 11.2. The van der Waals surface area contributed by atoms with Crippen LogP contribution in [0.3, 0.4) is 0 Å². The van der Waals surface area contributed by atoms with Gasteiger partial charge in [-0.25, -0.2) is 0 Å². The zero-order valence-corrected chi connectivity index (χ0v) is 13.8. The SMILES string of the molecule is CCCc1noc(CNC(c2cnn(C)c2)C2(CO)CCC2)n1. The highest BCUT2D eigenvalue weighted by Gasteiger charge is 2.44. The second kappa shape index (κ2) is 6.80. The van der Waals surface area contributed by atoms with Gasteiger partial charge < -0.3 is 14.9 Å². The van der Waals surface area contributed by atoms with Crippen molar-refractivity contribution in [1.82, 2.24) is 25.2 Å². The number of nitrogens with one attached hydrogen (secondary N) is 1. The summed E-state index contributed by atoms with van der Waals surface area (Å²) < 4.78 is 7.09. The minimum Gasteiger partial charge on any atom is -0.396 e. The number of nitrogens with zero attached hydrogens (tertiary/aromatic N) is 4. The van der Waals surface area contributed by atoms with E-state index in [1.807, 2.05) is 19.4 Å². The van der Waals surface area contributed by atoms with Crippen LogP contribution in [0.5, 0.6) is 0 Å². The van der Waals surface area contributed by atoms with E-state index in [-0.39, 0.29) is 18.1 Å². The van der Waals surface area contributed by atoms with Gasteiger partial charge in [0.15, 0.2) is 5.82 Å². The fourth-order valence-electron chi connectivity index (χ4n) is 3.32. The molecule has 1 fully saturated rings. The molecule has 2 N–H and O–H groups in total. The molecule has 3 rings (SSSR count). The van der Waals surface area contributed by atoms with Gasteiger partial charge in [-0.2, -0.15) is 10.1 Å². The number of hydrogen-bond acceptors (Lipinski definition) is 6. The Morgan fingerprint density at radius 2 is 2.30 bits per heavy atom.